The van der Waals surface area contributed by atoms with Crippen molar-refractivity contribution in [2.24, 2.45) is 0 Å². The van der Waals surface area contributed by atoms with Gasteiger partial charge in [0.15, 0.2) is 0 Å². The Hall–Kier alpha value is -3.03. The molecule has 4 N–H and O–H groups in total. The standard InChI is InChI=1S/C22H27N7/c23-22-27-16-20(19-4-1-3-18(15-19)17-5-8-24-9-6-17)21(28-22)26-7-2-12-29-13-10-25-11-14-29/h1,3-6,8-9,15-16,25H,2,7,10-14H2,(H3,23,26,27,28). The second kappa shape index (κ2) is 9.45. The fourth-order valence-electron chi connectivity index (χ4n) is 3.60. The minimum absolute atomic E-state index is 0.281. The van der Waals surface area contributed by atoms with Gasteiger partial charge in [-0.25, -0.2) is 4.98 Å². The number of aromatic nitrogens is 3. The molecule has 1 aliphatic rings. The minimum atomic E-state index is 0.281. The number of nitrogens with one attached hydrogen (secondary N) is 2. The highest BCUT2D eigenvalue weighted by Gasteiger charge is 2.11. The number of hydrogen-bond acceptors (Lipinski definition) is 7. The Labute approximate surface area is 171 Å². The van der Waals surface area contributed by atoms with Gasteiger partial charge >= 0.3 is 0 Å². The molecule has 3 heterocycles. The number of nitrogens with two attached hydrogens (primary N) is 1. The van der Waals surface area contributed by atoms with Crippen molar-refractivity contribution in [3.8, 4) is 22.3 Å². The lowest BCUT2D eigenvalue weighted by Gasteiger charge is -2.27. The Morgan fingerprint density at radius 2 is 1.83 bits per heavy atom. The van der Waals surface area contributed by atoms with Crippen molar-refractivity contribution in [1.82, 2.24) is 25.2 Å². The van der Waals surface area contributed by atoms with Crippen LogP contribution in [-0.4, -0.2) is 59.1 Å². The first-order valence-electron chi connectivity index (χ1n) is 10.1. The van der Waals surface area contributed by atoms with Crippen LogP contribution in [0.3, 0.4) is 0 Å². The van der Waals surface area contributed by atoms with Gasteiger partial charge in [0.2, 0.25) is 5.95 Å². The molecule has 1 aliphatic heterocycles. The van der Waals surface area contributed by atoms with Gasteiger partial charge in [-0.15, -0.1) is 0 Å². The number of nitrogen functional groups attached to an aromatic ring is 1. The van der Waals surface area contributed by atoms with Crippen molar-refractivity contribution in [1.29, 1.82) is 0 Å². The number of hydrogen-bond donors (Lipinski definition) is 3. The first-order chi connectivity index (χ1) is 14.3. The van der Waals surface area contributed by atoms with E-state index in [1.54, 1.807) is 18.6 Å². The van der Waals surface area contributed by atoms with Crippen LogP contribution in [0.1, 0.15) is 6.42 Å². The maximum absolute atomic E-state index is 5.86. The van der Waals surface area contributed by atoms with Gasteiger partial charge in [0, 0.05) is 56.9 Å². The largest absolute Gasteiger partial charge is 0.369 e. The van der Waals surface area contributed by atoms with Gasteiger partial charge in [0.05, 0.1) is 0 Å². The summed E-state index contributed by atoms with van der Waals surface area (Å²) in [7, 11) is 0. The van der Waals surface area contributed by atoms with Crippen LogP contribution in [0, 0.1) is 0 Å². The van der Waals surface area contributed by atoms with Crippen molar-refractivity contribution in [3.63, 3.8) is 0 Å². The summed E-state index contributed by atoms with van der Waals surface area (Å²) in [6, 6.07) is 12.4. The third kappa shape index (κ3) is 5.07. The van der Waals surface area contributed by atoms with E-state index in [2.05, 4.69) is 54.8 Å². The molecule has 0 radical (unpaired) electrons. The summed E-state index contributed by atoms with van der Waals surface area (Å²) in [4.78, 5) is 15.3. The highest BCUT2D eigenvalue weighted by atomic mass is 15.2. The number of piperazine rings is 1. The molecule has 7 heteroatoms. The lowest BCUT2D eigenvalue weighted by molar-refractivity contribution is 0.240. The van der Waals surface area contributed by atoms with Gasteiger partial charge in [-0.05, 0) is 47.9 Å². The van der Waals surface area contributed by atoms with Crippen molar-refractivity contribution in [2.45, 2.75) is 6.42 Å². The second-order valence-electron chi connectivity index (χ2n) is 7.18. The van der Waals surface area contributed by atoms with E-state index in [-0.39, 0.29) is 5.95 Å². The van der Waals surface area contributed by atoms with Crippen LogP contribution >= 0.6 is 0 Å². The molecule has 4 rings (SSSR count). The second-order valence-corrected chi connectivity index (χ2v) is 7.18. The summed E-state index contributed by atoms with van der Waals surface area (Å²) in [6.45, 7) is 6.32. The zero-order valence-corrected chi connectivity index (χ0v) is 16.5. The molecule has 150 valence electrons. The van der Waals surface area contributed by atoms with Gasteiger partial charge in [0.1, 0.15) is 5.82 Å². The monoisotopic (exact) mass is 389 g/mol. The molecule has 1 fully saturated rings. The summed E-state index contributed by atoms with van der Waals surface area (Å²) in [5.41, 5.74) is 10.1. The minimum Gasteiger partial charge on any atom is -0.369 e. The predicted molar refractivity (Wildman–Crippen MR) is 118 cm³/mol. The third-order valence-corrected chi connectivity index (χ3v) is 5.15. The van der Waals surface area contributed by atoms with Crippen molar-refractivity contribution in [3.05, 3.63) is 55.0 Å². The van der Waals surface area contributed by atoms with Crippen LogP contribution in [0.15, 0.2) is 55.0 Å². The predicted octanol–water partition coefficient (Wildman–Crippen LogP) is 2.50. The molecule has 0 spiro atoms. The van der Waals surface area contributed by atoms with E-state index in [1.165, 1.54) is 0 Å². The van der Waals surface area contributed by atoms with E-state index in [4.69, 9.17) is 5.73 Å². The Morgan fingerprint density at radius 1 is 1.03 bits per heavy atom. The third-order valence-electron chi connectivity index (χ3n) is 5.15. The Kier molecular flexibility index (Phi) is 6.29. The van der Waals surface area contributed by atoms with Gasteiger partial charge < -0.3 is 21.3 Å². The Morgan fingerprint density at radius 3 is 2.66 bits per heavy atom. The maximum atomic E-state index is 5.86. The van der Waals surface area contributed by atoms with E-state index in [0.29, 0.717) is 0 Å². The van der Waals surface area contributed by atoms with Crippen LogP contribution in [0.5, 0.6) is 0 Å². The Balaban J connectivity index is 1.48. The molecule has 0 saturated carbocycles. The van der Waals surface area contributed by atoms with E-state index >= 15 is 0 Å². The summed E-state index contributed by atoms with van der Waals surface area (Å²) in [5, 5.41) is 6.86. The Bertz CT molecular complexity index is 923. The van der Waals surface area contributed by atoms with E-state index in [1.807, 2.05) is 12.1 Å². The van der Waals surface area contributed by atoms with Gasteiger partial charge in [0.25, 0.3) is 0 Å². The summed E-state index contributed by atoms with van der Waals surface area (Å²) in [6.07, 6.45) is 6.46. The molecule has 3 aromatic rings. The topological polar surface area (TPSA) is 92.0 Å². The number of benzene rings is 1. The van der Waals surface area contributed by atoms with Crippen molar-refractivity contribution < 1.29 is 0 Å². The number of anilines is 2. The molecular formula is C22H27N7. The van der Waals surface area contributed by atoms with Gasteiger partial charge in [-0.1, -0.05) is 18.2 Å². The van der Waals surface area contributed by atoms with Crippen LogP contribution < -0.4 is 16.4 Å². The normalized spacial score (nSPS) is 14.6. The fraction of sp³-hybridized carbons (Fsp3) is 0.318. The van der Waals surface area contributed by atoms with Crippen LogP contribution in [0.4, 0.5) is 11.8 Å². The number of rotatable bonds is 7. The van der Waals surface area contributed by atoms with Crippen LogP contribution in [-0.2, 0) is 0 Å². The van der Waals surface area contributed by atoms with Crippen molar-refractivity contribution in [2.75, 3.05) is 50.3 Å². The van der Waals surface area contributed by atoms with Gasteiger partial charge in [-0.3, -0.25) is 4.98 Å². The zero-order valence-electron chi connectivity index (χ0n) is 16.5. The lowest BCUT2D eigenvalue weighted by Crippen LogP contribution is -2.44. The lowest BCUT2D eigenvalue weighted by atomic mass is 10.0. The molecule has 0 aliphatic carbocycles. The van der Waals surface area contributed by atoms with Crippen molar-refractivity contribution >= 4 is 11.8 Å². The molecule has 29 heavy (non-hydrogen) atoms. The maximum Gasteiger partial charge on any atom is 0.221 e. The van der Waals surface area contributed by atoms with Crippen LogP contribution in [0.2, 0.25) is 0 Å². The molecule has 7 nitrogen and oxygen atoms in total. The summed E-state index contributed by atoms with van der Waals surface area (Å²) in [5.74, 6) is 1.06. The fourth-order valence-corrected chi connectivity index (χ4v) is 3.60. The molecular weight excluding hydrogens is 362 g/mol. The number of pyridine rings is 1. The smallest absolute Gasteiger partial charge is 0.221 e. The van der Waals surface area contributed by atoms with E-state index in [9.17, 15) is 0 Å². The highest BCUT2D eigenvalue weighted by Crippen LogP contribution is 2.30. The van der Waals surface area contributed by atoms with Crippen LogP contribution in [0.25, 0.3) is 22.3 Å². The molecule has 0 amide bonds. The molecule has 0 atom stereocenters. The zero-order chi connectivity index (χ0) is 19.9. The molecule has 1 aromatic carbocycles. The average Bonchev–Trinajstić information content (AvgIpc) is 2.78. The highest BCUT2D eigenvalue weighted by molar-refractivity contribution is 5.79. The van der Waals surface area contributed by atoms with E-state index < -0.39 is 0 Å². The average molecular weight is 390 g/mol. The van der Waals surface area contributed by atoms with Gasteiger partial charge in [-0.2, -0.15) is 4.98 Å². The number of nitrogens with zero attached hydrogens (tertiary/aromatic N) is 4. The SMILES string of the molecule is Nc1ncc(-c2cccc(-c3ccncc3)c2)c(NCCCN2CCNCC2)n1. The summed E-state index contributed by atoms with van der Waals surface area (Å²) >= 11 is 0. The first kappa shape index (κ1) is 19.3. The quantitative estimate of drug-likeness (QED) is 0.535. The molecule has 1 saturated heterocycles. The van der Waals surface area contributed by atoms with E-state index in [0.717, 1.165) is 73.8 Å². The first-order valence-corrected chi connectivity index (χ1v) is 10.1. The molecule has 0 unspecified atom stereocenters. The molecule has 0 bridgehead atoms. The summed E-state index contributed by atoms with van der Waals surface area (Å²) < 4.78 is 0. The molecule has 2 aromatic heterocycles.